The number of hydrogen-bond acceptors (Lipinski definition) is 3. The van der Waals surface area contributed by atoms with Gasteiger partial charge in [-0.1, -0.05) is 18.5 Å². The third-order valence-electron chi connectivity index (χ3n) is 2.91. The maximum atomic E-state index is 12.6. The van der Waals surface area contributed by atoms with E-state index in [1.165, 1.54) is 12.1 Å². The second-order valence-electron chi connectivity index (χ2n) is 4.90. The third-order valence-corrected chi connectivity index (χ3v) is 5.06. The van der Waals surface area contributed by atoms with Crippen LogP contribution in [-0.2, 0) is 10.0 Å². The molecule has 0 heterocycles. The fourth-order valence-corrected chi connectivity index (χ4v) is 3.24. The first-order valence-electron chi connectivity index (χ1n) is 6.42. The summed E-state index contributed by atoms with van der Waals surface area (Å²) >= 11 is 9.29. The molecule has 0 saturated carbocycles. The molecule has 0 aliphatic carbocycles. The lowest BCUT2D eigenvalue weighted by Crippen LogP contribution is -2.37. The van der Waals surface area contributed by atoms with Crippen molar-refractivity contribution in [2.24, 2.45) is 5.14 Å². The number of primary sulfonamides is 1. The van der Waals surface area contributed by atoms with Crippen LogP contribution in [0.1, 0.15) is 37.6 Å². The minimum absolute atomic E-state index is 0.0227. The standard InChI is InChI=1S/C13H18BrClN2O3S/c1-4-5-17(8(2)3)13(18)10-6-9(21(16,19)20)7-11(14)12(10)15/h6-8H,4-5H2,1-3H3,(H2,16,19,20). The molecule has 1 amide bonds. The van der Waals surface area contributed by atoms with Crippen LogP contribution in [0.2, 0.25) is 5.02 Å². The van der Waals surface area contributed by atoms with E-state index in [0.717, 1.165) is 6.42 Å². The third kappa shape index (κ3) is 4.42. The average molecular weight is 398 g/mol. The highest BCUT2D eigenvalue weighted by atomic mass is 79.9. The van der Waals surface area contributed by atoms with Crippen LogP contribution in [0.4, 0.5) is 0 Å². The molecule has 1 aromatic rings. The van der Waals surface area contributed by atoms with Crippen molar-refractivity contribution < 1.29 is 13.2 Å². The molecule has 2 N–H and O–H groups in total. The smallest absolute Gasteiger partial charge is 0.255 e. The van der Waals surface area contributed by atoms with Gasteiger partial charge < -0.3 is 4.90 Å². The minimum atomic E-state index is -3.92. The number of nitrogens with two attached hydrogens (primary N) is 1. The first kappa shape index (κ1) is 18.4. The van der Waals surface area contributed by atoms with E-state index in [1.54, 1.807) is 4.90 Å². The molecule has 0 unspecified atom stereocenters. The van der Waals surface area contributed by atoms with Crippen molar-refractivity contribution in [2.45, 2.75) is 38.1 Å². The Morgan fingerprint density at radius 3 is 2.43 bits per heavy atom. The quantitative estimate of drug-likeness (QED) is 0.829. The molecule has 21 heavy (non-hydrogen) atoms. The fraction of sp³-hybridized carbons (Fsp3) is 0.462. The van der Waals surface area contributed by atoms with Gasteiger partial charge in [0.15, 0.2) is 0 Å². The van der Waals surface area contributed by atoms with Gasteiger partial charge in [0.1, 0.15) is 0 Å². The highest BCUT2D eigenvalue weighted by Gasteiger charge is 2.24. The van der Waals surface area contributed by atoms with Crippen molar-refractivity contribution in [1.29, 1.82) is 0 Å². The number of halogens is 2. The van der Waals surface area contributed by atoms with Gasteiger partial charge in [0.2, 0.25) is 10.0 Å². The molecule has 0 aliphatic heterocycles. The number of rotatable bonds is 5. The monoisotopic (exact) mass is 396 g/mol. The summed E-state index contributed by atoms with van der Waals surface area (Å²) in [7, 11) is -3.92. The lowest BCUT2D eigenvalue weighted by atomic mass is 10.1. The van der Waals surface area contributed by atoms with Crippen LogP contribution in [0.15, 0.2) is 21.5 Å². The van der Waals surface area contributed by atoms with Crippen molar-refractivity contribution in [1.82, 2.24) is 4.90 Å². The van der Waals surface area contributed by atoms with Crippen LogP contribution in [0, 0.1) is 0 Å². The summed E-state index contributed by atoms with van der Waals surface area (Å²) in [5.41, 5.74) is 0.122. The summed E-state index contributed by atoms with van der Waals surface area (Å²) in [6.07, 6.45) is 0.789. The highest BCUT2D eigenvalue weighted by Crippen LogP contribution is 2.30. The van der Waals surface area contributed by atoms with Gasteiger partial charge in [-0.15, -0.1) is 0 Å². The largest absolute Gasteiger partial charge is 0.336 e. The van der Waals surface area contributed by atoms with E-state index in [9.17, 15) is 13.2 Å². The predicted octanol–water partition coefficient (Wildman–Crippen LogP) is 3.01. The van der Waals surface area contributed by atoms with Crippen molar-refractivity contribution >= 4 is 43.5 Å². The van der Waals surface area contributed by atoms with Gasteiger partial charge >= 0.3 is 0 Å². The lowest BCUT2D eigenvalue weighted by molar-refractivity contribution is 0.0706. The summed E-state index contributed by atoms with van der Waals surface area (Å²) in [6, 6.07) is 2.48. The average Bonchev–Trinajstić information content (AvgIpc) is 2.36. The van der Waals surface area contributed by atoms with Gasteiger partial charge in [-0.05, 0) is 48.3 Å². The van der Waals surface area contributed by atoms with Crippen LogP contribution in [-0.4, -0.2) is 31.8 Å². The summed E-state index contributed by atoms with van der Waals surface area (Å²) in [5.74, 6) is -0.317. The summed E-state index contributed by atoms with van der Waals surface area (Å²) in [6.45, 7) is 6.30. The molecule has 0 fully saturated rings. The van der Waals surface area contributed by atoms with Crippen molar-refractivity contribution in [2.75, 3.05) is 6.54 Å². The van der Waals surface area contributed by atoms with Crippen LogP contribution in [0.3, 0.4) is 0 Å². The molecule has 0 radical (unpaired) electrons. The Bertz CT molecular complexity index is 647. The first-order chi connectivity index (χ1) is 9.59. The number of hydrogen-bond donors (Lipinski definition) is 1. The minimum Gasteiger partial charge on any atom is -0.336 e. The normalized spacial score (nSPS) is 11.8. The van der Waals surface area contributed by atoms with E-state index in [4.69, 9.17) is 16.7 Å². The SMILES string of the molecule is CCCN(C(=O)c1cc(S(N)(=O)=O)cc(Br)c1Cl)C(C)C. The fourth-order valence-electron chi connectivity index (χ4n) is 1.87. The molecule has 0 atom stereocenters. The zero-order valence-corrected chi connectivity index (χ0v) is 15.2. The molecular weight excluding hydrogens is 380 g/mol. The van der Waals surface area contributed by atoms with Crippen molar-refractivity contribution in [3.8, 4) is 0 Å². The van der Waals surface area contributed by atoms with Crippen LogP contribution in [0.5, 0.6) is 0 Å². The maximum absolute atomic E-state index is 12.6. The van der Waals surface area contributed by atoms with Crippen LogP contribution in [0.25, 0.3) is 0 Å². The van der Waals surface area contributed by atoms with Crippen LogP contribution >= 0.6 is 27.5 Å². The number of sulfonamides is 1. The molecular formula is C13H18BrClN2O3S. The van der Waals surface area contributed by atoms with E-state index in [2.05, 4.69) is 15.9 Å². The Hall–Kier alpha value is -0.630. The Morgan fingerprint density at radius 1 is 1.43 bits per heavy atom. The number of amides is 1. The van der Waals surface area contributed by atoms with Gasteiger partial charge in [-0.3, -0.25) is 4.79 Å². The molecule has 118 valence electrons. The molecule has 0 aromatic heterocycles. The van der Waals surface area contributed by atoms with E-state index in [0.29, 0.717) is 11.0 Å². The zero-order chi connectivity index (χ0) is 16.4. The van der Waals surface area contributed by atoms with Gasteiger partial charge in [-0.2, -0.15) is 0 Å². The van der Waals surface area contributed by atoms with E-state index >= 15 is 0 Å². The second-order valence-corrected chi connectivity index (χ2v) is 7.70. The predicted molar refractivity (Wildman–Crippen MR) is 87.0 cm³/mol. The molecule has 0 bridgehead atoms. The molecule has 8 heteroatoms. The molecule has 1 aromatic carbocycles. The molecule has 0 spiro atoms. The van der Waals surface area contributed by atoms with Gasteiger partial charge in [0.25, 0.3) is 5.91 Å². The first-order valence-corrected chi connectivity index (χ1v) is 9.14. The second kappa shape index (κ2) is 7.09. The maximum Gasteiger partial charge on any atom is 0.255 e. The van der Waals surface area contributed by atoms with Gasteiger partial charge in [0.05, 0.1) is 15.5 Å². The lowest BCUT2D eigenvalue weighted by Gasteiger charge is -2.27. The van der Waals surface area contributed by atoms with E-state index < -0.39 is 10.0 Å². The molecule has 0 saturated heterocycles. The highest BCUT2D eigenvalue weighted by molar-refractivity contribution is 9.10. The Kier molecular flexibility index (Phi) is 6.22. The van der Waals surface area contributed by atoms with Crippen molar-refractivity contribution in [3.05, 3.63) is 27.2 Å². The van der Waals surface area contributed by atoms with Crippen LogP contribution < -0.4 is 5.14 Å². The van der Waals surface area contributed by atoms with E-state index in [1.807, 2.05) is 20.8 Å². The Morgan fingerprint density at radius 2 is 2.00 bits per heavy atom. The zero-order valence-electron chi connectivity index (χ0n) is 12.1. The van der Waals surface area contributed by atoms with Crippen molar-refractivity contribution in [3.63, 3.8) is 0 Å². The summed E-state index contributed by atoms with van der Waals surface area (Å²) in [4.78, 5) is 14.1. The van der Waals surface area contributed by atoms with Gasteiger partial charge in [0, 0.05) is 17.1 Å². The molecule has 0 aliphatic rings. The number of carbonyl (C=O) groups excluding carboxylic acids is 1. The Labute approximate surface area is 138 Å². The molecule has 5 nitrogen and oxygen atoms in total. The Balaban J connectivity index is 3.41. The summed E-state index contributed by atoms with van der Waals surface area (Å²) < 4.78 is 23.3. The number of nitrogens with zero attached hydrogens (tertiary/aromatic N) is 1. The summed E-state index contributed by atoms with van der Waals surface area (Å²) in [5, 5.41) is 5.30. The van der Waals surface area contributed by atoms with E-state index in [-0.39, 0.29) is 27.4 Å². The number of carbonyl (C=O) groups is 1. The molecule has 1 rings (SSSR count). The van der Waals surface area contributed by atoms with Gasteiger partial charge in [-0.25, -0.2) is 13.6 Å². The number of benzene rings is 1. The topological polar surface area (TPSA) is 80.5 Å².